The van der Waals surface area contributed by atoms with Crippen molar-refractivity contribution >= 4 is 23.5 Å². The fourth-order valence-corrected chi connectivity index (χ4v) is 1.71. The third kappa shape index (κ3) is 5.05. The maximum absolute atomic E-state index is 5.78. The molecule has 0 aliphatic heterocycles. The van der Waals surface area contributed by atoms with Gasteiger partial charge in [-0.1, -0.05) is 6.07 Å². The van der Waals surface area contributed by atoms with Gasteiger partial charge in [-0.3, -0.25) is 5.43 Å². The molecule has 0 aliphatic rings. The summed E-state index contributed by atoms with van der Waals surface area (Å²) in [5.41, 5.74) is 3.57. The quantitative estimate of drug-likeness (QED) is 0.479. The minimum Gasteiger partial charge on any atom is -0.493 e. The molecule has 0 unspecified atom stereocenters. The van der Waals surface area contributed by atoms with Gasteiger partial charge in [0.1, 0.15) is 0 Å². The van der Waals surface area contributed by atoms with Crippen LogP contribution in [0.1, 0.15) is 26.3 Å². The van der Waals surface area contributed by atoms with Gasteiger partial charge in [-0.2, -0.15) is 5.10 Å². The van der Waals surface area contributed by atoms with Crippen LogP contribution in [0.5, 0.6) is 11.5 Å². The Morgan fingerprint density at radius 2 is 2.20 bits per heavy atom. The van der Waals surface area contributed by atoms with Gasteiger partial charge in [0, 0.05) is 12.1 Å². The van der Waals surface area contributed by atoms with Crippen LogP contribution < -0.4 is 20.2 Å². The lowest BCUT2D eigenvalue weighted by atomic mass is 10.2. The first-order valence-electron chi connectivity index (χ1n) is 6.49. The van der Waals surface area contributed by atoms with Crippen molar-refractivity contribution in [2.75, 3.05) is 13.7 Å². The van der Waals surface area contributed by atoms with E-state index in [2.05, 4.69) is 15.8 Å². The molecule has 1 rings (SSSR count). The summed E-state index contributed by atoms with van der Waals surface area (Å²) in [5.74, 6) is 1.35. The maximum Gasteiger partial charge on any atom is 0.186 e. The van der Waals surface area contributed by atoms with E-state index >= 15 is 0 Å². The topological polar surface area (TPSA) is 54.9 Å². The Balaban J connectivity index is 2.87. The standard InChI is InChI=1S/C14H21N3O2S/c1-5-15-14(20)17-16-9-11-7-6-8-12(18-4)13(11)19-10(2)3/h6-10H,5H2,1-4H3,(H2,15,17,20). The SMILES string of the molecule is CCNC(=S)NN=Cc1cccc(OC)c1OC(C)C. The van der Waals surface area contributed by atoms with Crippen LogP contribution in [0.25, 0.3) is 0 Å². The van der Waals surface area contributed by atoms with Gasteiger partial charge in [0.25, 0.3) is 0 Å². The molecule has 0 aromatic heterocycles. The van der Waals surface area contributed by atoms with Gasteiger partial charge in [-0.05, 0) is 45.1 Å². The van der Waals surface area contributed by atoms with Gasteiger partial charge in [0.05, 0.1) is 19.4 Å². The zero-order valence-electron chi connectivity index (χ0n) is 12.3. The molecular weight excluding hydrogens is 274 g/mol. The molecule has 0 spiro atoms. The van der Waals surface area contributed by atoms with E-state index in [1.165, 1.54) is 0 Å². The molecule has 0 saturated heterocycles. The van der Waals surface area contributed by atoms with Gasteiger partial charge in [0.15, 0.2) is 16.6 Å². The Bertz CT molecular complexity index is 475. The van der Waals surface area contributed by atoms with Gasteiger partial charge < -0.3 is 14.8 Å². The number of hydrogen-bond donors (Lipinski definition) is 2. The first-order valence-corrected chi connectivity index (χ1v) is 6.89. The number of hydrogen-bond acceptors (Lipinski definition) is 4. The van der Waals surface area contributed by atoms with Crippen LogP contribution in [0.15, 0.2) is 23.3 Å². The number of rotatable bonds is 6. The second-order valence-corrected chi connectivity index (χ2v) is 4.68. The highest BCUT2D eigenvalue weighted by atomic mass is 32.1. The van der Waals surface area contributed by atoms with Gasteiger partial charge in [-0.25, -0.2) is 0 Å². The highest BCUT2D eigenvalue weighted by Gasteiger charge is 2.10. The molecule has 1 aromatic carbocycles. The number of ether oxygens (including phenoxy) is 2. The van der Waals surface area contributed by atoms with E-state index in [1.54, 1.807) is 13.3 Å². The van der Waals surface area contributed by atoms with Crippen LogP contribution in [-0.4, -0.2) is 31.1 Å². The van der Waals surface area contributed by atoms with Crippen molar-refractivity contribution in [3.63, 3.8) is 0 Å². The largest absolute Gasteiger partial charge is 0.493 e. The number of nitrogens with one attached hydrogen (secondary N) is 2. The third-order valence-electron chi connectivity index (χ3n) is 2.29. The number of hydrazone groups is 1. The molecule has 0 radical (unpaired) electrons. The number of nitrogens with zero attached hydrogens (tertiary/aromatic N) is 1. The average Bonchev–Trinajstić information content (AvgIpc) is 2.40. The summed E-state index contributed by atoms with van der Waals surface area (Å²) < 4.78 is 11.1. The molecule has 0 fully saturated rings. The van der Waals surface area contributed by atoms with E-state index in [-0.39, 0.29) is 6.10 Å². The van der Waals surface area contributed by atoms with E-state index in [1.807, 2.05) is 39.0 Å². The second-order valence-electron chi connectivity index (χ2n) is 4.27. The summed E-state index contributed by atoms with van der Waals surface area (Å²) in [6.45, 7) is 6.65. The summed E-state index contributed by atoms with van der Waals surface area (Å²) in [5, 5.41) is 7.53. The molecule has 0 aliphatic carbocycles. The van der Waals surface area contributed by atoms with E-state index in [0.717, 1.165) is 12.1 Å². The van der Waals surface area contributed by atoms with Crippen molar-refractivity contribution in [1.82, 2.24) is 10.7 Å². The van der Waals surface area contributed by atoms with Crippen LogP contribution in [0.2, 0.25) is 0 Å². The summed E-state index contributed by atoms with van der Waals surface area (Å²) >= 11 is 5.03. The highest BCUT2D eigenvalue weighted by Crippen LogP contribution is 2.30. The molecule has 1 aromatic rings. The molecular formula is C14H21N3O2S. The van der Waals surface area contributed by atoms with Crippen molar-refractivity contribution in [1.29, 1.82) is 0 Å². The number of methoxy groups -OCH3 is 1. The van der Waals surface area contributed by atoms with Gasteiger partial charge in [-0.15, -0.1) is 0 Å². The third-order valence-corrected chi connectivity index (χ3v) is 2.53. The Morgan fingerprint density at radius 3 is 2.80 bits per heavy atom. The summed E-state index contributed by atoms with van der Waals surface area (Å²) in [6.07, 6.45) is 1.71. The Morgan fingerprint density at radius 1 is 1.45 bits per heavy atom. The van der Waals surface area contributed by atoms with Crippen molar-refractivity contribution in [2.45, 2.75) is 26.9 Å². The lowest BCUT2D eigenvalue weighted by Crippen LogP contribution is -2.31. The van der Waals surface area contributed by atoms with Crippen LogP contribution in [0, 0.1) is 0 Å². The zero-order valence-corrected chi connectivity index (χ0v) is 13.1. The monoisotopic (exact) mass is 295 g/mol. The van der Waals surface area contributed by atoms with Gasteiger partial charge >= 0.3 is 0 Å². The molecule has 2 N–H and O–H groups in total. The molecule has 110 valence electrons. The van der Waals surface area contributed by atoms with E-state index in [0.29, 0.717) is 16.6 Å². The minimum atomic E-state index is 0.0502. The Kier molecular flexibility index (Phi) is 6.79. The predicted molar refractivity (Wildman–Crippen MR) is 85.8 cm³/mol. The highest BCUT2D eigenvalue weighted by molar-refractivity contribution is 7.80. The molecule has 0 saturated carbocycles. The Labute approximate surface area is 125 Å². The molecule has 20 heavy (non-hydrogen) atoms. The Hall–Kier alpha value is -1.82. The van der Waals surface area contributed by atoms with E-state index in [9.17, 15) is 0 Å². The first kappa shape index (κ1) is 16.2. The first-order chi connectivity index (χ1) is 9.58. The molecule has 0 atom stereocenters. The lowest BCUT2D eigenvalue weighted by molar-refractivity contribution is 0.230. The van der Waals surface area contributed by atoms with Crippen molar-refractivity contribution < 1.29 is 9.47 Å². The molecule has 6 heteroatoms. The normalized spacial score (nSPS) is 10.7. The average molecular weight is 295 g/mol. The van der Waals surface area contributed by atoms with Crippen molar-refractivity contribution in [3.05, 3.63) is 23.8 Å². The molecule has 0 bridgehead atoms. The molecule has 0 heterocycles. The van der Waals surface area contributed by atoms with Gasteiger partial charge in [0.2, 0.25) is 0 Å². The smallest absolute Gasteiger partial charge is 0.186 e. The van der Waals surface area contributed by atoms with E-state index in [4.69, 9.17) is 21.7 Å². The van der Waals surface area contributed by atoms with Crippen LogP contribution in [0.4, 0.5) is 0 Å². The van der Waals surface area contributed by atoms with Crippen LogP contribution in [0.3, 0.4) is 0 Å². The fourth-order valence-electron chi connectivity index (χ4n) is 1.52. The van der Waals surface area contributed by atoms with Crippen LogP contribution >= 0.6 is 12.2 Å². The summed E-state index contributed by atoms with van der Waals surface area (Å²) in [7, 11) is 1.61. The number of para-hydroxylation sites is 1. The zero-order chi connectivity index (χ0) is 15.0. The molecule has 0 amide bonds. The predicted octanol–water partition coefficient (Wildman–Crippen LogP) is 2.30. The number of benzene rings is 1. The maximum atomic E-state index is 5.78. The van der Waals surface area contributed by atoms with Crippen molar-refractivity contribution in [2.24, 2.45) is 5.10 Å². The summed E-state index contributed by atoms with van der Waals surface area (Å²) in [4.78, 5) is 0. The fraction of sp³-hybridized carbons (Fsp3) is 0.429. The van der Waals surface area contributed by atoms with Crippen molar-refractivity contribution in [3.8, 4) is 11.5 Å². The lowest BCUT2D eigenvalue weighted by Gasteiger charge is -2.15. The number of thiocarbonyl (C=S) groups is 1. The second kappa shape index (κ2) is 8.37. The summed E-state index contributed by atoms with van der Waals surface area (Å²) in [6, 6.07) is 5.64. The minimum absolute atomic E-state index is 0.0502. The van der Waals surface area contributed by atoms with Crippen LogP contribution in [-0.2, 0) is 0 Å². The van der Waals surface area contributed by atoms with E-state index < -0.39 is 0 Å². The molecule has 5 nitrogen and oxygen atoms in total.